The van der Waals surface area contributed by atoms with E-state index in [4.69, 9.17) is 28.3 Å². The SMILES string of the molecule is CCCSc1ncccc1C(=O)Nc1cc(C(C)(C)C)nn1-c1cc(Cl)ccc1Cl. The number of aromatic nitrogens is 3. The van der Waals surface area contributed by atoms with Gasteiger partial charge in [0.1, 0.15) is 10.8 Å². The number of anilines is 1. The minimum Gasteiger partial charge on any atom is -0.306 e. The third kappa shape index (κ3) is 5.17. The number of carbonyl (C=O) groups excluding carboxylic acids is 1. The van der Waals surface area contributed by atoms with E-state index < -0.39 is 0 Å². The third-order valence-electron chi connectivity index (χ3n) is 4.31. The summed E-state index contributed by atoms with van der Waals surface area (Å²) in [6.45, 7) is 8.28. The Labute approximate surface area is 191 Å². The fourth-order valence-corrected chi connectivity index (χ4v) is 3.94. The molecule has 0 bridgehead atoms. The summed E-state index contributed by atoms with van der Waals surface area (Å²) in [5, 5.41) is 9.42. The van der Waals surface area contributed by atoms with Crippen molar-refractivity contribution in [1.29, 1.82) is 0 Å². The number of nitrogens with zero attached hydrogens (tertiary/aromatic N) is 3. The van der Waals surface area contributed by atoms with Gasteiger partial charge in [-0.05, 0) is 42.5 Å². The molecule has 0 saturated heterocycles. The predicted molar refractivity (Wildman–Crippen MR) is 125 cm³/mol. The zero-order chi connectivity index (χ0) is 21.9. The highest BCUT2D eigenvalue weighted by atomic mass is 35.5. The van der Waals surface area contributed by atoms with Gasteiger partial charge in [-0.25, -0.2) is 9.67 Å². The first-order valence-corrected chi connectivity index (χ1v) is 11.4. The van der Waals surface area contributed by atoms with Crippen LogP contribution < -0.4 is 5.32 Å². The van der Waals surface area contributed by atoms with Crippen molar-refractivity contribution in [1.82, 2.24) is 14.8 Å². The lowest BCUT2D eigenvalue weighted by atomic mass is 9.92. The van der Waals surface area contributed by atoms with Gasteiger partial charge in [0.2, 0.25) is 0 Å². The van der Waals surface area contributed by atoms with Gasteiger partial charge in [0.05, 0.1) is 22.0 Å². The molecule has 158 valence electrons. The Morgan fingerprint density at radius 1 is 1.20 bits per heavy atom. The molecular formula is C22H24Cl2N4OS. The van der Waals surface area contributed by atoms with Gasteiger partial charge >= 0.3 is 0 Å². The maximum absolute atomic E-state index is 13.1. The van der Waals surface area contributed by atoms with Gasteiger partial charge in [-0.15, -0.1) is 11.8 Å². The minimum absolute atomic E-state index is 0.216. The average molecular weight is 463 g/mol. The van der Waals surface area contributed by atoms with Crippen LogP contribution in [0.5, 0.6) is 0 Å². The Hall–Kier alpha value is -2.02. The van der Waals surface area contributed by atoms with Crippen molar-refractivity contribution in [3.63, 3.8) is 0 Å². The Morgan fingerprint density at radius 3 is 2.67 bits per heavy atom. The Bertz CT molecular complexity index is 1060. The van der Waals surface area contributed by atoms with E-state index in [0.29, 0.717) is 32.1 Å². The van der Waals surface area contributed by atoms with Gasteiger partial charge < -0.3 is 5.32 Å². The van der Waals surface area contributed by atoms with Crippen molar-refractivity contribution in [3.05, 3.63) is 63.9 Å². The van der Waals surface area contributed by atoms with Crippen LogP contribution in [0.4, 0.5) is 5.82 Å². The largest absolute Gasteiger partial charge is 0.306 e. The van der Waals surface area contributed by atoms with Crippen molar-refractivity contribution in [3.8, 4) is 5.69 Å². The van der Waals surface area contributed by atoms with Gasteiger partial charge in [-0.1, -0.05) is 50.9 Å². The molecule has 0 atom stereocenters. The number of benzene rings is 1. The number of carbonyl (C=O) groups is 1. The number of nitrogens with one attached hydrogen (secondary N) is 1. The second-order valence-electron chi connectivity index (χ2n) is 7.83. The summed E-state index contributed by atoms with van der Waals surface area (Å²) in [6, 6.07) is 10.6. The molecule has 1 aromatic carbocycles. The molecule has 0 spiro atoms. The van der Waals surface area contributed by atoms with E-state index in [1.165, 1.54) is 0 Å². The summed E-state index contributed by atoms with van der Waals surface area (Å²) in [7, 11) is 0. The highest BCUT2D eigenvalue weighted by molar-refractivity contribution is 7.99. The Morgan fingerprint density at radius 2 is 1.97 bits per heavy atom. The van der Waals surface area contributed by atoms with E-state index in [1.807, 2.05) is 6.07 Å². The van der Waals surface area contributed by atoms with Crippen molar-refractivity contribution < 1.29 is 4.79 Å². The van der Waals surface area contributed by atoms with Crippen LogP contribution in [0, 0.1) is 0 Å². The number of hydrogen-bond acceptors (Lipinski definition) is 4. The fourth-order valence-electron chi connectivity index (χ4n) is 2.73. The monoisotopic (exact) mass is 462 g/mol. The number of rotatable bonds is 6. The molecule has 0 fully saturated rings. The number of pyridine rings is 1. The second kappa shape index (κ2) is 9.41. The van der Waals surface area contributed by atoms with E-state index >= 15 is 0 Å². The molecule has 0 unspecified atom stereocenters. The van der Waals surface area contributed by atoms with Crippen LogP contribution in [0.3, 0.4) is 0 Å². The molecule has 0 aliphatic carbocycles. The minimum atomic E-state index is -0.249. The van der Waals surface area contributed by atoms with Gasteiger partial charge in [-0.3, -0.25) is 4.79 Å². The van der Waals surface area contributed by atoms with Crippen LogP contribution >= 0.6 is 35.0 Å². The van der Waals surface area contributed by atoms with Crippen molar-refractivity contribution in [2.45, 2.75) is 44.6 Å². The van der Waals surface area contributed by atoms with Crippen LogP contribution in [0.1, 0.15) is 50.2 Å². The smallest absolute Gasteiger partial charge is 0.259 e. The molecule has 3 rings (SSSR count). The summed E-state index contributed by atoms with van der Waals surface area (Å²) in [5.41, 5.74) is 1.73. The molecule has 8 heteroatoms. The van der Waals surface area contributed by atoms with Crippen LogP contribution in [0.15, 0.2) is 47.6 Å². The van der Waals surface area contributed by atoms with E-state index in [0.717, 1.165) is 17.9 Å². The standard InChI is InChI=1S/C22H24Cl2N4OS/c1-5-11-30-21-15(7-6-10-25-21)20(29)26-19-13-18(22(2,3)4)27-28(19)17-12-14(23)8-9-16(17)24/h6-10,12-13H,5,11H2,1-4H3,(H,26,29). The summed E-state index contributed by atoms with van der Waals surface area (Å²) in [4.78, 5) is 17.5. The maximum atomic E-state index is 13.1. The molecule has 0 aliphatic heterocycles. The lowest BCUT2D eigenvalue weighted by Crippen LogP contribution is -2.16. The van der Waals surface area contributed by atoms with Crippen molar-refractivity contribution in [2.75, 3.05) is 11.1 Å². The van der Waals surface area contributed by atoms with Crippen LogP contribution in [0.25, 0.3) is 5.69 Å². The number of thioether (sulfide) groups is 1. The maximum Gasteiger partial charge on any atom is 0.259 e. The van der Waals surface area contributed by atoms with E-state index in [9.17, 15) is 4.79 Å². The van der Waals surface area contributed by atoms with Crippen LogP contribution in [-0.4, -0.2) is 26.4 Å². The van der Waals surface area contributed by atoms with Gasteiger partial charge in [0, 0.05) is 22.7 Å². The molecule has 0 saturated carbocycles. The molecule has 0 aliphatic rings. The van der Waals surface area contributed by atoms with Crippen molar-refractivity contribution in [2.24, 2.45) is 0 Å². The molecule has 30 heavy (non-hydrogen) atoms. The van der Waals surface area contributed by atoms with Gasteiger partial charge in [-0.2, -0.15) is 5.10 Å². The molecule has 2 heterocycles. The van der Waals surface area contributed by atoms with Crippen LogP contribution in [-0.2, 0) is 5.41 Å². The quantitative estimate of drug-likeness (QED) is 0.417. The van der Waals surface area contributed by atoms with E-state index in [2.05, 4.69) is 38.0 Å². The Balaban J connectivity index is 2.03. The predicted octanol–water partition coefficient (Wildman–Crippen LogP) is 6.63. The van der Waals surface area contributed by atoms with Gasteiger partial charge in [0.25, 0.3) is 5.91 Å². The van der Waals surface area contributed by atoms with Crippen molar-refractivity contribution >= 4 is 46.7 Å². The molecular weight excluding hydrogens is 439 g/mol. The number of halogens is 2. The highest BCUT2D eigenvalue weighted by Gasteiger charge is 2.23. The number of hydrogen-bond donors (Lipinski definition) is 1. The zero-order valence-electron chi connectivity index (χ0n) is 17.4. The second-order valence-corrected chi connectivity index (χ2v) is 9.76. The molecule has 0 radical (unpaired) electrons. The van der Waals surface area contributed by atoms with Crippen LogP contribution in [0.2, 0.25) is 10.0 Å². The van der Waals surface area contributed by atoms with Gasteiger partial charge in [0.15, 0.2) is 0 Å². The summed E-state index contributed by atoms with van der Waals surface area (Å²) in [5.74, 6) is 1.16. The lowest BCUT2D eigenvalue weighted by Gasteiger charge is -2.14. The van der Waals surface area contributed by atoms with E-state index in [1.54, 1.807) is 53.0 Å². The molecule has 1 N–H and O–H groups in total. The first kappa shape index (κ1) is 22.7. The topological polar surface area (TPSA) is 59.8 Å². The normalized spacial score (nSPS) is 11.5. The zero-order valence-corrected chi connectivity index (χ0v) is 19.7. The summed E-state index contributed by atoms with van der Waals surface area (Å²) in [6.07, 6.45) is 2.69. The average Bonchev–Trinajstić information content (AvgIpc) is 3.12. The Kier molecular flexibility index (Phi) is 7.11. The third-order valence-corrected chi connectivity index (χ3v) is 6.08. The lowest BCUT2D eigenvalue weighted by molar-refractivity contribution is 0.102. The first-order valence-electron chi connectivity index (χ1n) is 9.66. The summed E-state index contributed by atoms with van der Waals surface area (Å²) < 4.78 is 1.63. The fraction of sp³-hybridized carbons (Fsp3) is 0.318. The summed E-state index contributed by atoms with van der Waals surface area (Å²) >= 11 is 14.2. The molecule has 3 aromatic rings. The first-order chi connectivity index (χ1) is 14.2. The highest BCUT2D eigenvalue weighted by Crippen LogP contribution is 2.31. The molecule has 5 nitrogen and oxygen atoms in total. The molecule has 2 aromatic heterocycles. The van der Waals surface area contributed by atoms with E-state index in [-0.39, 0.29) is 11.3 Å². The number of amides is 1. The molecule has 1 amide bonds.